The zero-order valence-electron chi connectivity index (χ0n) is 20.7. The van der Waals surface area contributed by atoms with Crippen LogP contribution >= 0.6 is 0 Å². The van der Waals surface area contributed by atoms with Crippen molar-refractivity contribution in [2.45, 2.75) is 38.2 Å². The lowest BCUT2D eigenvalue weighted by Gasteiger charge is -2.18. The van der Waals surface area contributed by atoms with Gasteiger partial charge in [-0.15, -0.1) is 0 Å². The van der Waals surface area contributed by atoms with Crippen LogP contribution in [0.2, 0.25) is 0 Å². The fourth-order valence-electron chi connectivity index (χ4n) is 3.41. The molecule has 39 heavy (non-hydrogen) atoms. The van der Waals surface area contributed by atoms with Gasteiger partial charge in [-0.25, -0.2) is 4.79 Å². The van der Waals surface area contributed by atoms with E-state index in [4.69, 9.17) is 25.7 Å². The van der Waals surface area contributed by atoms with Gasteiger partial charge in [-0.05, 0) is 84.6 Å². The Labute approximate surface area is 222 Å². The molecular weight excluding hydrogens is 523 g/mol. The minimum absolute atomic E-state index is 0.0318. The molecule has 0 aromatic heterocycles. The van der Waals surface area contributed by atoms with Gasteiger partial charge in [0, 0.05) is 23.9 Å². The average molecular weight is 551 g/mol. The number of nitrogens with two attached hydrogens (primary N) is 2. The third-order valence-electron chi connectivity index (χ3n) is 5.27. The van der Waals surface area contributed by atoms with Gasteiger partial charge in [-0.1, -0.05) is 12.1 Å². The number of anilines is 2. The van der Waals surface area contributed by atoms with Crippen molar-refractivity contribution in [3.63, 3.8) is 0 Å². The van der Waals surface area contributed by atoms with Crippen LogP contribution in [-0.2, 0) is 22.2 Å². The summed E-state index contributed by atoms with van der Waals surface area (Å²) in [5.41, 5.74) is 13.0. The van der Waals surface area contributed by atoms with E-state index in [9.17, 15) is 26.7 Å². The number of esters is 1. The Morgan fingerprint density at radius 3 is 2.05 bits per heavy atom. The van der Waals surface area contributed by atoms with Gasteiger partial charge in [0.05, 0.1) is 12.2 Å². The second kappa shape index (κ2) is 13.0. The van der Waals surface area contributed by atoms with Crippen molar-refractivity contribution in [2.75, 3.05) is 18.1 Å². The molecule has 0 atom stereocenters. The first-order valence-corrected chi connectivity index (χ1v) is 11.9. The molecule has 0 saturated carbocycles. The van der Waals surface area contributed by atoms with Crippen LogP contribution in [-0.4, -0.2) is 18.8 Å². The first-order valence-electron chi connectivity index (χ1n) is 11.9. The maximum absolute atomic E-state index is 14.6. The normalized spacial score (nSPS) is 11.9. The van der Waals surface area contributed by atoms with Gasteiger partial charge in [-0.3, -0.25) is 0 Å². The van der Waals surface area contributed by atoms with Crippen molar-refractivity contribution in [2.24, 2.45) is 0 Å². The van der Waals surface area contributed by atoms with Crippen LogP contribution in [0.1, 0.15) is 36.0 Å². The Bertz CT molecular complexity index is 1240. The van der Waals surface area contributed by atoms with E-state index in [0.29, 0.717) is 28.3 Å². The fraction of sp³-hybridized carbons (Fsp3) is 0.250. The van der Waals surface area contributed by atoms with E-state index in [1.165, 1.54) is 60.7 Å². The van der Waals surface area contributed by atoms with Gasteiger partial charge >= 0.3 is 18.3 Å². The van der Waals surface area contributed by atoms with Gasteiger partial charge in [-0.2, -0.15) is 22.0 Å². The molecule has 3 aromatic carbocycles. The van der Waals surface area contributed by atoms with E-state index in [1.54, 1.807) is 18.2 Å². The second-order valence-electron chi connectivity index (χ2n) is 8.58. The molecule has 0 radical (unpaired) electrons. The first kappa shape index (κ1) is 29.3. The third-order valence-corrected chi connectivity index (χ3v) is 5.27. The zero-order valence-corrected chi connectivity index (χ0v) is 20.7. The quantitative estimate of drug-likeness (QED) is 0.0842. The molecule has 0 unspecified atom stereocenters. The molecule has 4 N–H and O–H groups in total. The Morgan fingerprint density at radius 1 is 0.821 bits per heavy atom. The van der Waals surface area contributed by atoms with E-state index >= 15 is 0 Å². The molecule has 0 aliphatic carbocycles. The molecule has 0 bridgehead atoms. The van der Waals surface area contributed by atoms with E-state index in [1.807, 2.05) is 0 Å². The van der Waals surface area contributed by atoms with Crippen LogP contribution in [0, 0.1) is 0 Å². The molecule has 3 rings (SSSR count). The second-order valence-corrected chi connectivity index (χ2v) is 8.58. The lowest BCUT2D eigenvalue weighted by Crippen LogP contribution is -2.21. The largest absolute Gasteiger partial charge is 0.494 e. The van der Waals surface area contributed by atoms with Crippen LogP contribution in [0.3, 0.4) is 0 Å². The summed E-state index contributed by atoms with van der Waals surface area (Å²) in [4.78, 5) is 12.0. The van der Waals surface area contributed by atoms with Crippen LogP contribution in [0.4, 0.5) is 33.3 Å². The highest BCUT2D eigenvalue weighted by Crippen LogP contribution is 2.32. The van der Waals surface area contributed by atoms with Crippen molar-refractivity contribution in [3.05, 3.63) is 89.5 Å². The number of hydrogen-bond donors (Lipinski definition) is 2. The molecular formula is C28H27F5N2O4. The number of hydrogen-bond acceptors (Lipinski definition) is 6. The minimum atomic E-state index is -4.20. The van der Waals surface area contributed by atoms with Gasteiger partial charge in [0.15, 0.2) is 0 Å². The average Bonchev–Trinajstić information content (AvgIpc) is 2.86. The molecule has 0 spiro atoms. The summed E-state index contributed by atoms with van der Waals surface area (Å²) in [6.07, 6.45) is -6.01. The van der Waals surface area contributed by atoms with Crippen molar-refractivity contribution in [1.82, 2.24) is 0 Å². The maximum atomic E-state index is 14.6. The van der Waals surface area contributed by atoms with Crippen LogP contribution < -0.4 is 20.9 Å². The Hall–Kier alpha value is -4.28. The van der Waals surface area contributed by atoms with E-state index in [0.717, 1.165) is 0 Å². The number of carbonyl (C=O) groups excluding carboxylic acids is 1. The molecule has 6 nitrogen and oxygen atoms in total. The molecule has 0 amide bonds. The van der Waals surface area contributed by atoms with Crippen molar-refractivity contribution < 1.29 is 41.0 Å². The highest BCUT2D eigenvalue weighted by molar-refractivity contribution is 5.87. The molecule has 11 heteroatoms. The topological polar surface area (TPSA) is 96.8 Å². The van der Waals surface area contributed by atoms with Crippen LogP contribution in [0.5, 0.6) is 11.5 Å². The number of ether oxygens (including phenoxy) is 3. The maximum Gasteiger partial charge on any atom is 0.426 e. The molecule has 208 valence electrons. The lowest BCUT2D eigenvalue weighted by atomic mass is 10.1. The number of halogens is 5. The number of rotatable bonds is 12. The lowest BCUT2D eigenvalue weighted by molar-refractivity contribution is -0.185. The minimum Gasteiger partial charge on any atom is -0.494 e. The van der Waals surface area contributed by atoms with E-state index < -0.39 is 30.2 Å². The third kappa shape index (κ3) is 10.2. The zero-order chi connectivity index (χ0) is 28.5. The monoisotopic (exact) mass is 550 g/mol. The number of nitrogen functional groups attached to an aromatic ring is 2. The predicted octanol–water partition coefficient (Wildman–Crippen LogP) is 6.85. The van der Waals surface area contributed by atoms with Crippen molar-refractivity contribution in [3.8, 4) is 11.5 Å². The summed E-state index contributed by atoms with van der Waals surface area (Å²) in [5, 5.41) is 0. The fourth-order valence-corrected chi connectivity index (χ4v) is 3.41. The predicted molar refractivity (Wildman–Crippen MR) is 137 cm³/mol. The number of unbranched alkanes of at least 4 members (excludes halogenated alkanes) is 1. The smallest absolute Gasteiger partial charge is 0.426 e. The van der Waals surface area contributed by atoms with Gasteiger partial charge in [0.25, 0.3) is 0 Å². The first-order chi connectivity index (χ1) is 18.4. The van der Waals surface area contributed by atoms with Gasteiger partial charge < -0.3 is 25.7 Å². The SMILES string of the molecule is Nc1cc(N)cc(COC(=O)/C=C/c2ccc(C(F)(F)Oc3ccc(OCCCCC(F)(F)F)cc3)cc2)c1. The highest BCUT2D eigenvalue weighted by Gasteiger charge is 2.34. The summed E-state index contributed by atoms with van der Waals surface area (Å²) >= 11 is 0. The summed E-state index contributed by atoms with van der Waals surface area (Å²) in [5.74, 6) is -0.440. The molecule has 0 aliphatic heterocycles. The van der Waals surface area contributed by atoms with Crippen LogP contribution in [0.25, 0.3) is 6.08 Å². The summed E-state index contributed by atoms with van der Waals surface area (Å²) in [7, 11) is 0. The van der Waals surface area contributed by atoms with Crippen molar-refractivity contribution >= 4 is 23.4 Å². The molecule has 0 aliphatic rings. The summed E-state index contributed by atoms with van der Waals surface area (Å²) in [6, 6.07) is 15.3. The Morgan fingerprint density at radius 2 is 1.44 bits per heavy atom. The standard InChI is InChI=1S/C28H27F5N2O4/c29-27(30,31)13-1-2-14-37-24-8-10-25(11-9-24)39-28(32,33)21-6-3-19(4-7-21)5-12-26(36)38-18-20-15-22(34)17-23(35)16-20/h3-12,15-17H,1-2,13-14,18,34-35H2/b12-5+. The highest BCUT2D eigenvalue weighted by atomic mass is 19.4. The molecule has 0 saturated heterocycles. The van der Waals surface area contributed by atoms with E-state index in [-0.39, 0.29) is 31.8 Å². The van der Waals surface area contributed by atoms with Crippen molar-refractivity contribution in [1.29, 1.82) is 0 Å². The molecule has 0 fully saturated rings. The summed E-state index contributed by atoms with van der Waals surface area (Å²) in [6.45, 7) is 0.0399. The Kier molecular flexibility index (Phi) is 9.75. The number of carbonyl (C=O) groups is 1. The van der Waals surface area contributed by atoms with Gasteiger partial charge in [0.2, 0.25) is 0 Å². The molecule has 0 heterocycles. The number of benzene rings is 3. The Balaban J connectivity index is 1.48. The van der Waals surface area contributed by atoms with E-state index in [2.05, 4.69) is 0 Å². The summed E-state index contributed by atoms with van der Waals surface area (Å²) < 4.78 is 81.0. The van der Waals surface area contributed by atoms with Crippen LogP contribution in [0.15, 0.2) is 72.8 Å². The van der Waals surface area contributed by atoms with Gasteiger partial charge in [0.1, 0.15) is 18.1 Å². The molecule has 3 aromatic rings. The number of alkyl halides is 5.